The third kappa shape index (κ3) is 5.30. The van der Waals surface area contributed by atoms with Gasteiger partial charge in [0, 0.05) is 6.54 Å². The zero-order valence-electron chi connectivity index (χ0n) is 13.6. The van der Waals surface area contributed by atoms with E-state index in [-0.39, 0.29) is 5.69 Å². The fourth-order valence-electron chi connectivity index (χ4n) is 2.55. The minimum absolute atomic E-state index is 0.150. The maximum Gasteiger partial charge on any atom is 0.412 e. The number of rotatable bonds is 3. The lowest BCUT2D eigenvalue weighted by atomic mass is 10.1. The van der Waals surface area contributed by atoms with Crippen LogP contribution in [-0.2, 0) is 11.3 Å². The van der Waals surface area contributed by atoms with Crippen LogP contribution in [-0.4, -0.2) is 29.7 Å². The number of hydrogen-bond acceptors (Lipinski definition) is 3. The van der Waals surface area contributed by atoms with Gasteiger partial charge >= 0.3 is 6.09 Å². The summed E-state index contributed by atoms with van der Waals surface area (Å²) in [6.07, 6.45) is 3.06. The second kappa shape index (κ2) is 7.09. The SMILES string of the molecule is CC(C)(C)OC(=O)Nc1ccc(CN2CCCCC2)cc1F. The van der Waals surface area contributed by atoms with Crippen LogP contribution < -0.4 is 5.32 Å². The van der Waals surface area contributed by atoms with Crippen LogP contribution in [0.4, 0.5) is 14.9 Å². The van der Waals surface area contributed by atoms with Gasteiger partial charge in [0.25, 0.3) is 0 Å². The molecule has 0 aliphatic carbocycles. The maximum absolute atomic E-state index is 14.1. The summed E-state index contributed by atoms with van der Waals surface area (Å²) in [6, 6.07) is 4.93. The third-order valence-electron chi connectivity index (χ3n) is 3.52. The molecule has 1 aromatic carbocycles. The van der Waals surface area contributed by atoms with Gasteiger partial charge < -0.3 is 4.74 Å². The minimum atomic E-state index is -0.643. The van der Waals surface area contributed by atoms with Crippen molar-refractivity contribution in [1.29, 1.82) is 0 Å². The van der Waals surface area contributed by atoms with E-state index in [2.05, 4.69) is 10.2 Å². The Balaban J connectivity index is 1.95. The largest absolute Gasteiger partial charge is 0.444 e. The van der Waals surface area contributed by atoms with Crippen LogP contribution in [0.3, 0.4) is 0 Å². The second-order valence-electron chi connectivity index (χ2n) is 6.78. The number of amides is 1. The van der Waals surface area contributed by atoms with Gasteiger partial charge in [-0.3, -0.25) is 10.2 Å². The molecule has 0 bridgehead atoms. The third-order valence-corrected chi connectivity index (χ3v) is 3.52. The van der Waals surface area contributed by atoms with Crippen molar-refractivity contribution in [3.05, 3.63) is 29.6 Å². The number of benzene rings is 1. The molecular formula is C17H25FN2O2. The number of piperidine rings is 1. The van der Waals surface area contributed by atoms with E-state index in [1.165, 1.54) is 25.3 Å². The summed E-state index contributed by atoms with van der Waals surface area (Å²) < 4.78 is 19.2. The number of hydrogen-bond donors (Lipinski definition) is 1. The van der Waals surface area contributed by atoms with Gasteiger partial charge in [0.2, 0.25) is 0 Å². The highest BCUT2D eigenvalue weighted by molar-refractivity contribution is 5.85. The highest BCUT2D eigenvalue weighted by Crippen LogP contribution is 2.19. The van der Waals surface area contributed by atoms with Crippen LogP contribution in [0, 0.1) is 5.82 Å². The van der Waals surface area contributed by atoms with Gasteiger partial charge in [0.1, 0.15) is 11.4 Å². The van der Waals surface area contributed by atoms with Crippen molar-refractivity contribution in [3.8, 4) is 0 Å². The van der Waals surface area contributed by atoms with E-state index in [1.54, 1.807) is 26.8 Å². The highest BCUT2D eigenvalue weighted by Gasteiger charge is 2.18. The quantitative estimate of drug-likeness (QED) is 0.911. The first kappa shape index (κ1) is 16.7. The Morgan fingerprint density at radius 2 is 1.95 bits per heavy atom. The molecule has 122 valence electrons. The average Bonchev–Trinajstić information content (AvgIpc) is 2.41. The molecule has 0 aromatic heterocycles. The van der Waals surface area contributed by atoms with Gasteiger partial charge in [0.15, 0.2) is 0 Å². The lowest BCUT2D eigenvalue weighted by Gasteiger charge is -2.26. The van der Waals surface area contributed by atoms with E-state index < -0.39 is 17.5 Å². The van der Waals surface area contributed by atoms with Crippen molar-refractivity contribution in [2.24, 2.45) is 0 Å². The molecule has 2 rings (SSSR count). The molecule has 4 nitrogen and oxygen atoms in total. The first-order chi connectivity index (χ1) is 10.3. The topological polar surface area (TPSA) is 41.6 Å². The van der Waals surface area contributed by atoms with Gasteiger partial charge in [-0.05, 0) is 64.4 Å². The van der Waals surface area contributed by atoms with E-state index in [9.17, 15) is 9.18 Å². The van der Waals surface area contributed by atoms with E-state index in [0.29, 0.717) is 0 Å². The highest BCUT2D eigenvalue weighted by atomic mass is 19.1. The standard InChI is InChI=1S/C17H25FN2O2/c1-17(2,3)22-16(21)19-15-8-7-13(11-14(15)18)12-20-9-5-4-6-10-20/h7-8,11H,4-6,9-10,12H2,1-3H3,(H,19,21). The Bertz CT molecular complexity index is 520. The molecule has 0 atom stereocenters. The molecule has 1 fully saturated rings. The summed E-state index contributed by atoms with van der Waals surface area (Å²) in [6.45, 7) is 8.20. The zero-order chi connectivity index (χ0) is 16.2. The number of ether oxygens (including phenoxy) is 1. The summed E-state index contributed by atoms with van der Waals surface area (Å²) in [5.41, 5.74) is 0.472. The number of carbonyl (C=O) groups is 1. The summed E-state index contributed by atoms with van der Waals surface area (Å²) in [7, 11) is 0. The molecule has 1 heterocycles. The van der Waals surface area contributed by atoms with Gasteiger partial charge in [-0.2, -0.15) is 0 Å². The van der Waals surface area contributed by atoms with E-state index in [0.717, 1.165) is 25.2 Å². The number of carbonyl (C=O) groups excluding carboxylic acids is 1. The molecule has 0 unspecified atom stereocenters. The van der Waals surface area contributed by atoms with Crippen molar-refractivity contribution in [3.63, 3.8) is 0 Å². The summed E-state index contributed by atoms with van der Waals surface area (Å²) in [5, 5.41) is 2.45. The molecule has 22 heavy (non-hydrogen) atoms. The summed E-state index contributed by atoms with van der Waals surface area (Å²) >= 11 is 0. The van der Waals surface area contributed by atoms with Crippen LogP contribution in [0.2, 0.25) is 0 Å². The normalized spacial score (nSPS) is 16.4. The van der Waals surface area contributed by atoms with Crippen LogP contribution in [0.25, 0.3) is 0 Å². The Labute approximate surface area is 131 Å². The fourth-order valence-corrected chi connectivity index (χ4v) is 2.55. The lowest BCUT2D eigenvalue weighted by Crippen LogP contribution is -2.29. The number of nitrogens with zero attached hydrogens (tertiary/aromatic N) is 1. The molecule has 0 saturated carbocycles. The Kier molecular flexibility index (Phi) is 5.40. The van der Waals surface area contributed by atoms with Gasteiger partial charge in [-0.1, -0.05) is 12.5 Å². The van der Waals surface area contributed by atoms with Crippen LogP contribution in [0.5, 0.6) is 0 Å². The van der Waals surface area contributed by atoms with E-state index >= 15 is 0 Å². The molecule has 5 heteroatoms. The molecule has 1 saturated heterocycles. The molecule has 0 radical (unpaired) electrons. The molecule has 1 aromatic rings. The van der Waals surface area contributed by atoms with Gasteiger partial charge in [0.05, 0.1) is 5.69 Å². The molecule has 1 aliphatic heterocycles. The van der Waals surface area contributed by atoms with Crippen molar-refractivity contribution in [1.82, 2.24) is 4.90 Å². The summed E-state index contributed by atoms with van der Waals surface area (Å²) in [4.78, 5) is 14.0. The Morgan fingerprint density at radius 3 is 2.55 bits per heavy atom. The number of anilines is 1. The molecule has 1 aliphatic rings. The molecule has 1 amide bonds. The monoisotopic (exact) mass is 308 g/mol. The van der Waals surface area contributed by atoms with Gasteiger partial charge in [-0.25, -0.2) is 9.18 Å². The predicted octanol–water partition coefficient (Wildman–Crippen LogP) is 4.16. The minimum Gasteiger partial charge on any atom is -0.444 e. The summed E-state index contributed by atoms with van der Waals surface area (Å²) in [5.74, 6) is -0.430. The zero-order valence-corrected chi connectivity index (χ0v) is 13.6. The van der Waals surface area contributed by atoms with Crippen molar-refractivity contribution < 1.29 is 13.9 Å². The number of nitrogens with one attached hydrogen (secondary N) is 1. The Hall–Kier alpha value is -1.62. The molecule has 0 spiro atoms. The number of halogens is 1. The van der Waals surface area contributed by atoms with Crippen molar-refractivity contribution in [2.45, 2.75) is 52.2 Å². The average molecular weight is 308 g/mol. The molecule has 1 N–H and O–H groups in total. The van der Waals surface area contributed by atoms with Gasteiger partial charge in [-0.15, -0.1) is 0 Å². The second-order valence-corrected chi connectivity index (χ2v) is 6.78. The Morgan fingerprint density at radius 1 is 1.27 bits per heavy atom. The molecular weight excluding hydrogens is 283 g/mol. The van der Waals surface area contributed by atoms with Crippen LogP contribution in [0.1, 0.15) is 45.6 Å². The maximum atomic E-state index is 14.1. The van der Waals surface area contributed by atoms with E-state index in [4.69, 9.17) is 4.74 Å². The first-order valence-corrected chi connectivity index (χ1v) is 7.84. The van der Waals surface area contributed by atoms with E-state index in [1.807, 2.05) is 6.07 Å². The lowest BCUT2D eigenvalue weighted by molar-refractivity contribution is 0.0635. The number of likely N-dealkylation sites (tertiary alicyclic amines) is 1. The smallest absolute Gasteiger partial charge is 0.412 e. The first-order valence-electron chi connectivity index (χ1n) is 7.84. The van der Waals surface area contributed by atoms with Crippen LogP contribution in [0.15, 0.2) is 18.2 Å². The van der Waals surface area contributed by atoms with Crippen molar-refractivity contribution >= 4 is 11.8 Å². The predicted molar refractivity (Wildman–Crippen MR) is 85.4 cm³/mol. The fraction of sp³-hybridized carbons (Fsp3) is 0.588. The van der Waals surface area contributed by atoms with Crippen LogP contribution >= 0.6 is 0 Å². The van der Waals surface area contributed by atoms with Crippen molar-refractivity contribution in [2.75, 3.05) is 18.4 Å².